The Morgan fingerprint density at radius 3 is 2.76 bits per heavy atom. The van der Waals surface area contributed by atoms with Crippen LogP contribution in [0, 0.1) is 0 Å². The molecule has 1 aliphatic rings. The number of halogens is 1. The first-order chi connectivity index (χ1) is 7.63. The predicted molar refractivity (Wildman–Crippen MR) is 65.9 cm³/mol. The molecule has 7 heteroatoms. The van der Waals surface area contributed by atoms with Crippen LogP contribution in [0.4, 0.5) is 0 Å². The third-order valence-electron chi connectivity index (χ3n) is 2.55. The molecule has 1 atom stereocenters. The first-order valence-electron chi connectivity index (χ1n) is 5.46. The number of nitrogens with two attached hydrogens (primary N) is 1. The summed E-state index contributed by atoms with van der Waals surface area (Å²) < 4.78 is 5.42. The third kappa shape index (κ3) is 5.86. The molecule has 6 nitrogen and oxygen atoms in total. The van der Waals surface area contributed by atoms with Crippen LogP contribution in [-0.2, 0) is 14.3 Å². The molecule has 0 aliphatic carbocycles. The van der Waals surface area contributed by atoms with E-state index in [4.69, 9.17) is 10.5 Å². The van der Waals surface area contributed by atoms with Crippen molar-refractivity contribution in [3.05, 3.63) is 0 Å². The lowest BCUT2D eigenvalue weighted by atomic mass is 10.2. The predicted octanol–water partition coefficient (Wildman–Crippen LogP) is -0.879. The van der Waals surface area contributed by atoms with Gasteiger partial charge < -0.3 is 20.7 Å². The number of ether oxygens (including phenoxy) is 1. The molecule has 1 fully saturated rings. The molecule has 1 unspecified atom stereocenters. The highest BCUT2D eigenvalue weighted by atomic mass is 35.5. The molecule has 17 heavy (non-hydrogen) atoms. The number of carbonyl (C=O) groups excluding carboxylic acids is 2. The molecule has 0 bridgehead atoms. The summed E-state index contributed by atoms with van der Waals surface area (Å²) in [5.74, 6) is -0.448. The van der Waals surface area contributed by atoms with Gasteiger partial charge in [0.1, 0.15) is 0 Å². The number of nitrogens with one attached hydrogen (secondary N) is 1. The molecule has 1 saturated heterocycles. The van der Waals surface area contributed by atoms with Crippen LogP contribution in [0.15, 0.2) is 0 Å². The van der Waals surface area contributed by atoms with Gasteiger partial charge in [-0.05, 0) is 12.8 Å². The van der Waals surface area contributed by atoms with Crippen molar-refractivity contribution in [1.82, 2.24) is 10.2 Å². The van der Waals surface area contributed by atoms with E-state index in [1.54, 1.807) is 11.9 Å². The maximum Gasteiger partial charge on any atom is 0.241 e. The molecule has 0 aromatic heterocycles. The maximum atomic E-state index is 11.6. The second kappa shape index (κ2) is 8.27. The van der Waals surface area contributed by atoms with E-state index in [1.807, 2.05) is 0 Å². The Morgan fingerprint density at radius 1 is 1.53 bits per heavy atom. The number of likely N-dealkylation sites (N-methyl/N-ethyl adjacent to an activating group) is 1. The second-order valence-electron chi connectivity index (χ2n) is 3.89. The summed E-state index contributed by atoms with van der Waals surface area (Å²) in [5, 5.41) is 2.44. The van der Waals surface area contributed by atoms with Crippen molar-refractivity contribution >= 4 is 24.2 Å². The number of carbonyl (C=O) groups is 2. The third-order valence-corrected chi connectivity index (χ3v) is 2.55. The first-order valence-corrected chi connectivity index (χ1v) is 5.46. The van der Waals surface area contributed by atoms with Gasteiger partial charge in [-0.25, -0.2) is 0 Å². The average Bonchev–Trinajstić information content (AvgIpc) is 2.77. The number of hydrogen-bond acceptors (Lipinski definition) is 4. The summed E-state index contributed by atoms with van der Waals surface area (Å²) in [6.45, 7) is 1.26. The lowest BCUT2D eigenvalue weighted by Crippen LogP contribution is -2.42. The number of rotatable bonds is 5. The molecule has 0 radical (unpaired) electrons. The topological polar surface area (TPSA) is 84.7 Å². The van der Waals surface area contributed by atoms with Gasteiger partial charge in [0.2, 0.25) is 11.8 Å². The van der Waals surface area contributed by atoms with Crippen LogP contribution in [0.25, 0.3) is 0 Å². The summed E-state index contributed by atoms with van der Waals surface area (Å²) in [7, 11) is 1.71. The molecule has 100 valence electrons. The van der Waals surface area contributed by atoms with Gasteiger partial charge in [-0.3, -0.25) is 9.59 Å². The van der Waals surface area contributed by atoms with Crippen LogP contribution in [0.1, 0.15) is 12.8 Å². The fraction of sp³-hybridized carbons (Fsp3) is 0.800. The van der Waals surface area contributed by atoms with Gasteiger partial charge in [-0.2, -0.15) is 0 Å². The lowest BCUT2D eigenvalue weighted by Gasteiger charge is -2.20. The van der Waals surface area contributed by atoms with E-state index in [1.165, 1.54) is 0 Å². The Morgan fingerprint density at radius 2 is 2.24 bits per heavy atom. The Bertz CT molecular complexity index is 257. The molecular weight excluding hydrogens is 246 g/mol. The van der Waals surface area contributed by atoms with E-state index in [9.17, 15) is 9.59 Å². The van der Waals surface area contributed by atoms with E-state index in [0.29, 0.717) is 6.54 Å². The van der Waals surface area contributed by atoms with Crippen LogP contribution in [-0.4, -0.2) is 56.1 Å². The van der Waals surface area contributed by atoms with E-state index in [2.05, 4.69) is 5.32 Å². The van der Waals surface area contributed by atoms with Gasteiger partial charge in [0, 0.05) is 20.2 Å². The van der Waals surface area contributed by atoms with Crippen LogP contribution >= 0.6 is 12.4 Å². The highest BCUT2D eigenvalue weighted by molar-refractivity contribution is 5.85. The summed E-state index contributed by atoms with van der Waals surface area (Å²) in [6.07, 6.45) is 2.18. The highest BCUT2D eigenvalue weighted by Crippen LogP contribution is 2.12. The number of amides is 2. The Labute approximate surface area is 107 Å². The van der Waals surface area contributed by atoms with Crippen molar-refractivity contribution in [2.24, 2.45) is 5.73 Å². The normalized spacial score (nSPS) is 18.4. The van der Waals surface area contributed by atoms with Crippen molar-refractivity contribution < 1.29 is 14.3 Å². The standard InChI is InChI=1S/C10H19N3O3.ClH/c1-13(7-8-3-2-4-16-8)10(15)6-12-9(14)5-11;/h8H,2-7,11H2,1H3,(H,12,14);1H. The zero-order valence-corrected chi connectivity index (χ0v) is 10.8. The van der Waals surface area contributed by atoms with Gasteiger partial charge in [0.05, 0.1) is 19.2 Å². The quantitative estimate of drug-likeness (QED) is 0.676. The minimum Gasteiger partial charge on any atom is -0.376 e. The second-order valence-corrected chi connectivity index (χ2v) is 3.89. The van der Waals surface area contributed by atoms with Crippen LogP contribution in [0.5, 0.6) is 0 Å². The monoisotopic (exact) mass is 265 g/mol. The highest BCUT2D eigenvalue weighted by Gasteiger charge is 2.19. The smallest absolute Gasteiger partial charge is 0.241 e. The van der Waals surface area contributed by atoms with Crippen LogP contribution < -0.4 is 11.1 Å². The molecule has 3 N–H and O–H groups in total. The van der Waals surface area contributed by atoms with Crippen molar-refractivity contribution in [3.8, 4) is 0 Å². The average molecular weight is 266 g/mol. The van der Waals surface area contributed by atoms with Gasteiger partial charge in [0.15, 0.2) is 0 Å². The minimum absolute atomic E-state index is 0. The van der Waals surface area contributed by atoms with E-state index in [0.717, 1.165) is 19.4 Å². The molecule has 0 spiro atoms. The van der Waals surface area contributed by atoms with Crippen LogP contribution in [0.2, 0.25) is 0 Å². The van der Waals surface area contributed by atoms with Crippen molar-refractivity contribution in [3.63, 3.8) is 0 Å². The summed E-state index contributed by atoms with van der Waals surface area (Å²) in [4.78, 5) is 24.0. The molecule has 0 saturated carbocycles. The Hall–Kier alpha value is -0.850. The summed E-state index contributed by atoms with van der Waals surface area (Å²) in [5.41, 5.74) is 5.11. The van der Waals surface area contributed by atoms with Gasteiger partial charge in [-0.1, -0.05) is 0 Å². The molecule has 1 heterocycles. The maximum absolute atomic E-state index is 11.6. The van der Waals surface area contributed by atoms with Gasteiger partial charge >= 0.3 is 0 Å². The summed E-state index contributed by atoms with van der Waals surface area (Å²) >= 11 is 0. The van der Waals surface area contributed by atoms with Gasteiger partial charge in [-0.15, -0.1) is 12.4 Å². The first kappa shape index (κ1) is 16.1. The molecule has 0 aromatic carbocycles. The zero-order chi connectivity index (χ0) is 12.0. The molecule has 2 amide bonds. The van der Waals surface area contributed by atoms with Crippen molar-refractivity contribution in [2.75, 3.05) is 33.3 Å². The molecule has 1 rings (SSSR count). The fourth-order valence-corrected chi connectivity index (χ4v) is 1.58. The van der Waals surface area contributed by atoms with E-state index >= 15 is 0 Å². The number of nitrogens with zero attached hydrogens (tertiary/aromatic N) is 1. The molecular formula is C10H20ClN3O3. The zero-order valence-electron chi connectivity index (χ0n) is 9.98. The van der Waals surface area contributed by atoms with Crippen molar-refractivity contribution in [1.29, 1.82) is 0 Å². The van der Waals surface area contributed by atoms with E-state index < -0.39 is 0 Å². The summed E-state index contributed by atoms with van der Waals surface area (Å²) in [6, 6.07) is 0. The largest absolute Gasteiger partial charge is 0.376 e. The number of hydrogen-bond donors (Lipinski definition) is 2. The minimum atomic E-state index is -0.320. The Kier molecular flexibility index (Phi) is 7.86. The van der Waals surface area contributed by atoms with E-state index in [-0.39, 0.29) is 43.4 Å². The SMILES string of the molecule is CN(CC1CCCO1)C(=O)CNC(=O)CN.Cl. The Balaban J connectivity index is 0.00000256. The lowest BCUT2D eigenvalue weighted by molar-refractivity contribution is -0.132. The van der Waals surface area contributed by atoms with Gasteiger partial charge in [0.25, 0.3) is 0 Å². The molecule has 1 aliphatic heterocycles. The molecule has 0 aromatic rings. The van der Waals surface area contributed by atoms with Crippen LogP contribution in [0.3, 0.4) is 0 Å². The fourth-order valence-electron chi connectivity index (χ4n) is 1.58. The van der Waals surface area contributed by atoms with Crippen molar-refractivity contribution in [2.45, 2.75) is 18.9 Å².